The van der Waals surface area contributed by atoms with Crippen molar-refractivity contribution in [3.05, 3.63) is 51.6 Å². The number of halogens is 1. The molecule has 0 saturated heterocycles. The van der Waals surface area contributed by atoms with E-state index in [2.05, 4.69) is 33.2 Å². The summed E-state index contributed by atoms with van der Waals surface area (Å²) in [5.74, 6) is -0.714. The van der Waals surface area contributed by atoms with E-state index < -0.39 is 11.2 Å². The van der Waals surface area contributed by atoms with Gasteiger partial charge in [0.15, 0.2) is 0 Å². The zero-order chi connectivity index (χ0) is 17.3. The largest absolute Gasteiger partial charge is 0.326 e. The number of rotatable bonds is 3. The average molecular weight is 452 g/mol. The minimum absolute atomic E-state index is 0.124. The van der Waals surface area contributed by atoms with Crippen LogP contribution in [0.1, 0.15) is 12.5 Å². The number of carbonyl (C=O) groups excluding carboxylic acids is 2. The maximum atomic E-state index is 12.6. The summed E-state index contributed by atoms with van der Waals surface area (Å²) < 4.78 is 1.12. The van der Waals surface area contributed by atoms with Crippen molar-refractivity contribution in [2.24, 2.45) is 5.92 Å². The average Bonchev–Trinajstić information content (AvgIpc) is 2.56. The Morgan fingerprint density at radius 3 is 2.79 bits per heavy atom. The third kappa shape index (κ3) is 3.59. The smallest absolute Gasteiger partial charge is 0.238 e. The summed E-state index contributed by atoms with van der Waals surface area (Å²) in [5, 5.41) is 5.39. The number of amides is 2. The van der Waals surface area contributed by atoms with E-state index in [1.54, 1.807) is 6.92 Å². The highest BCUT2D eigenvalue weighted by atomic mass is 127. The quantitative estimate of drug-likeness (QED) is 0.684. The van der Waals surface area contributed by atoms with Crippen LogP contribution in [0.25, 0.3) is 0 Å². The van der Waals surface area contributed by atoms with Crippen LogP contribution in [0.4, 0.5) is 11.4 Å². The Morgan fingerprint density at radius 2 is 2.04 bits per heavy atom. The van der Waals surface area contributed by atoms with E-state index in [1.807, 2.05) is 49.4 Å². The van der Waals surface area contributed by atoms with E-state index in [0.29, 0.717) is 0 Å². The highest BCUT2D eigenvalue weighted by molar-refractivity contribution is 14.1. The highest BCUT2D eigenvalue weighted by Gasteiger charge is 2.35. The van der Waals surface area contributed by atoms with E-state index in [-0.39, 0.29) is 11.8 Å². The molecule has 0 bridgehead atoms. The van der Waals surface area contributed by atoms with Crippen molar-refractivity contribution >= 4 is 57.5 Å². The molecule has 0 unspecified atom stereocenters. The van der Waals surface area contributed by atoms with Gasteiger partial charge in [-0.2, -0.15) is 0 Å². The SMILES string of the molecule is Cc1cc(I)ccc1NC(=O)[C@@H](C)[C@@H]1Sc2ccccc2NC1=O. The number of para-hydroxylation sites is 1. The van der Waals surface area contributed by atoms with Gasteiger partial charge in [-0.1, -0.05) is 19.1 Å². The maximum Gasteiger partial charge on any atom is 0.238 e. The molecule has 2 aromatic carbocycles. The Morgan fingerprint density at radius 1 is 1.29 bits per heavy atom. The normalized spacial score (nSPS) is 17.6. The van der Waals surface area contributed by atoms with Crippen molar-refractivity contribution in [2.75, 3.05) is 10.6 Å². The molecule has 0 radical (unpaired) electrons. The van der Waals surface area contributed by atoms with Crippen molar-refractivity contribution < 1.29 is 9.59 Å². The van der Waals surface area contributed by atoms with Crippen LogP contribution in [0, 0.1) is 16.4 Å². The van der Waals surface area contributed by atoms with E-state index in [0.717, 1.165) is 25.4 Å². The lowest BCUT2D eigenvalue weighted by Crippen LogP contribution is -2.39. The third-order valence-corrected chi connectivity index (χ3v) is 6.13. The van der Waals surface area contributed by atoms with Crippen LogP contribution in [-0.2, 0) is 9.59 Å². The lowest BCUT2D eigenvalue weighted by Gasteiger charge is -2.27. The van der Waals surface area contributed by atoms with Gasteiger partial charge in [0.25, 0.3) is 0 Å². The van der Waals surface area contributed by atoms with Crippen LogP contribution < -0.4 is 10.6 Å². The zero-order valence-electron chi connectivity index (χ0n) is 13.3. The molecule has 0 fully saturated rings. The fourth-order valence-corrected chi connectivity index (χ4v) is 4.36. The van der Waals surface area contributed by atoms with Crippen molar-refractivity contribution in [1.29, 1.82) is 0 Å². The molecule has 0 saturated carbocycles. The zero-order valence-corrected chi connectivity index (χ0v) is 16.3. The molecular weight excluding hydrogens is 435 g/mol. The lowest BCUT2D eigenvalue weighted by atomic mass is 10.0. The summed E-state index contributed by atoms with van der Waals surface area (Å²) in [6.45, 7) is 3.75. The first kappa shape index (κ1) is 17.3. The predicted octanol–water partition coefficient (Wildman–Crippen LogP) is 4.29. The van der Waals surface area contributed by atoms with Gasteiger partial charge in [-0.05, 0) is 65.4 Å². The Bertz CT molecular complexity index is 809. The topological polar surface area (TPSA) is 58.2 Å². The van der Waals surface area contributed by atoms with Crippen LogP contribution >= 0.6 is 34.4 Å². The first-order valence-corrected chi connectivity index (χ1v) is 9.55. The number of carbonyl (C=O) groups is 2. The van der Waals surface area contributed by atoms with Crippen LogP contribution in [-0.4, -0.2) is 17.1 Å². The van der Waals surface area contributed by atoms with Gasteiger partial charge in [0.1, 0.15) is 0 Å². The predicted molar refractivity (Wildman–Crippen MR) is 106 cm³/mol. The Kier molecular flexibility index (Phi) is 5.15. The number of thioether (sulfide) groups is 1. The summed E-state index contributed by atoms with van der Waals surface area (Å²) in [7, 11) is 0. The standard InChI is InChI=1S/C18H17IN2O2S/c1-10-9-12(19)7-8-13(10)20-17(22)11(2)16-18(23)21-14-5-3-4-6-15(14)24-16/h3-9,11,16H,1-2H3,(H,20,22)(H,21,23)/t11-,16-/m0/s1. The van der Waals surface area contributed by atoms with E-state index >= 15 is 0 Å². The molecule has 3 rings (SSSR count). The van der Waals surface area contributed by atoms with Gasteiger partial charge in [0.05, 0.1) is 16.9 Å². The second-order valence-electron chi connectivity index (χ2n) is 5.76. The summed E-state index contributed by atoms with van der Waals surface area (Å²) >= 11 is 3.68. The molecular formula is C18H17IN2O2S. The second kappa shape index (κ2) is 7.14. The van der Waals surface area contributed by atoms with E-state index in [9.17, 15) is 9.59 Å². The van der Waals surface area contributed by atoms with Crippen molar-refractivity contribution in [2.45, 2.75) is 24.0 Å². The number of hydrogen-bond acceptors (Lipinski definition) is 3. The Balaban J connectivity index is 1.75. The van der Waals surface area contributed by atoms with E-state index in [4.69, 9.17) is 0 Å². The number of nitrogens with one attached hydrogen (secondary N) is 2. The minimum Gasteiger partial charge on any atom is -0.326 e. The number of aryl methyl sites for hydroxylation is 1. The van der Waals surface area contributed by atoms with Gasteiger partial charge in [-0.25, -0.2) is 0 Å². The minimum atomic E-state index is -0.443. The van der Waals surface area contributed by atoms with E-state index in [1.165, 1.54) is 11.8 Å². The van der Waals surface area contributed by atoms with Gasteiger partial charge in [0.2, 0.25) is 11.8 Å². The summed E-state index contributed by atoms with van der Waals surface area (Å²) in [4.78, 5) is 25.9. The summed E-state index contributed by atoms with van der Waals surface area (Å²) in [6, 6.07) is 13.5. The molecule has 0 aromatic heterocycles. The molecule has 4 nitrogen and oxygen atoms in total. The monoisotopic (exact) mass is 452 g/mol. The number of hydrogen-bond donors (Lipinski definition) is 2. The number of anilines is 2. The van der Waals surface area contributed by atoms with Gasteiger partial charge in [0, 0.05) is 14.2 Å². The molecule has 1 aliphatic heterocycles. The molecule has 2 aromatic rings. The summed E-state index contributed by atoms with van der Waals surface area (Å²) in [5.41, 5.74) is 2.60. The Labute approximate surface area is 158 Å². The van der Waals surface area contributed by atoms with Gasteiger partial charge in [-0.15, -0.1) is 11.8 Å². The maximum absolute atomic E-state index is 12.6. The fourth-order valence-electron chi connectivity index (χ4n) is 2.55. The molecule has 0 spiro atoms. The summed E-state index contributed by atoms with van der Waals surface area (Å²) in [6.07, 6.45) is 0. The third-order valence-electron chi connectivity index (χ3n) is 3.97. The molecule has 0 aliphatic carbocycles. The number of benzene rings is 2. The van der Waals surface area contributed by atoms with Crippen molar-refractivity contribution in [3.8, 4) is 0 Å². The van der Waals surface area contributed by atoms with Gasteiger partial charge in [-0.3, -0.25) is 9.59 Å². The first-order valence-electron chi connectivity index (χ1n) is 7.59. The molecule has 1 heterocycles. The van der Waals surface area contributed by atoms with Gasteiger partial charge < -0.3 is 10.6 Å². The number of fused-ring (bicyclic) bond motifs is 1. The molecule has 124 valence electrons. The van der Waals surface area contributed by atoms with Crippen LogP contribution in [0.3, 0.4) is 0 Å². The van der Waals surface area contributed by atoms with Crippen LogP contribution in [0.5, 0.6) is 0 Å². The molecule has 2 amide bonds. The van der Waals surface area contributed by atoms with Crippen LogP contribution in [0.15, 0.2) is 47.4 Å². The van der Waals surface area contributed by atoms with Crippen molar-refractivity contribution in [1.82, 2.24) is 0 Å². The molecule has 6 heteroatoms. The molecule has 2 N–H and O–H groups in total. The van der Waals surface area contributed by atoms with Crippen LogP contribution in [0.2, 0.25) is 0 Å². The first-order chi connectivity index (χ1) is 11.5. The molecule has 1 aliphatic rings. The van der Waals surface area contributed by atoms with Crippen molar-refractivity contribution in [3.63, 3.8) is 0 Å². The highest BCUT2D eigenvalue weighted by Crippen LogP contribution is 2.38. The second-order valence-corrected chi connectivity index (χ2v) is 8.19. The lowest BCUT2D eigenvalue weighted by molar-refractivity contribution is -0.123. The molecule has 24 heavy (non-hydrogen) atoms. The molecule has 2 atom stereocenters. The van der Waals surface area contributed by atoms with Gasteiger partial charge >= 0.3 is 0 Å². The fraction of sp³-hybridized carbons (Fsp3) is 0.222. The Hall–Kier alpha value is -1.54.